The molecular formula is C12H15ClN2O4. The van der Waals surface area contributed by atoms with Gasteiger partial charge in [-0.15, -0.1) is 0 Å². The number of hydrogen-bond donors (Lipinski definition) is 1. The number of likely N-dealkylation sites (N-methyl/N-ethyl adjacent to an activating group) is 1. The molecule has 6 nitrogen and oxygen atoms in total. The smallest absolute Gasteiger partial charge is 0.326 e. The van der Waals surface area contributed by atoms with Gasteiger partial charge < -0.3 is 10.0 Å². The average Bonchev–Trinajstić information content (AvgIpc) is 2.31. The molecule has 0 aliphatic heterocycles. The molecule has 1 aromatic rings. The molecule has 0 radical (unpaired) electrons. The molecule has 1 atom stereocenters. The summed E-state index contributed by atoms with van der Waals surface area (Å²) in [7, 11) is 1.63. The summed E-state index contributed by atoms with van der Waals surface area (Å²) in [6.45, 7) is 3.45. The molecule has 19 heavy (non-hydrogen) atoms. The maximum absolute atomic E-state index is 11.1. The molecule has 1 N–H and O–H groups in total. The summed E-state index contributed by atoms with van der Waals surface area (Å²) in [5, 5.41) is 19.9. The number of halogens is 1. The average molecular weight is 287 g/mol. The fraction of sp³-hybridized carbons (Fsp3) is 0.417. The molecule has 0 aliphatic rings. The Bertz CT molecular complexity index is 519. The molecule has 0 aliphatic carbocycles. The number of aliphatic carboxylic acids is 1. The summed E-state index contributed by atoms with van der Waals surface area (Å²) in [5.74, 6) is -0.945. The highest BCUT2D eigenvalue weighted by Crippen LogP contribution is 2.33. The van der Waals surface area contributed by atoms with E-state index < -0.39 is 16.9 Å². The Hall–Kier alpha value is -1.82. The van der Waals surface area contributed by atoms with Crippen molar-refractivity contribution in [1.29, 1.82) is 0 Å². The summed E-state index contributed by atoms with van der Waals surface area (Å²) in [6.07, 6.45) is 0.417. The van der Waals surface area contributed by atoms with E-state index in [4.69, 9.17) is 16.7 Å². The first-order chi connectivity index (χ1) is 8.79. The van der Waals surface area contributed by atoms with Crippen LogP contribution in [0.25, 0.3) is 0 Å². The lowest BCUT2D eigenvalue weighted by Crippen LogP contribution is -2.38. The van der Waals surface area contributed by atoms with Crippen LogP contribution in [0, 0.1) is 17.0 Å². The fourth-order valence-electron chi connectivity index (χ4n) is 1.96. The molecule has 0 amide bonds. The number of rotatable bonds is 5. The van der Waals surface area contributed by atoms with Gasteiger partial charge in [0, 0.05) is 18.8 Å². The predicted molar refractivity (Wildman–Crippen MR) is 73.0 cm³/mol. The quantitative estimate of drug-likeness (QED) is 0.664. The lowest BCUT2D eigenvalue weighted by atomic mass is 10.1. The van der Waals surface area contributed by atoms with E-state index >= 15 is 0 Å². The van der Waals surface area contributed by atoms with E-state index in [0.717, 1.165) is 0 Å². The van der Waals surface area contributed by atoms with Gasteiger partial charge in [-0.25, -0.2) is 4.79 Å². The van der Waals surface area contributed by atoms with Crippen LogP contribution in [-0.2, 0) is 4.79 Å². The molecule has 0 spiro atoms. The van der Waals surface area contributed by atoms with E-state index in [1.165, 1.54) is 12.1 Å². The van der Waals surface area contributed by atoms with Crippen molar-refractivity contribution in [2.45, 2.75) is 26.3 Å². The highest BCUT2D eigenvalue weighted by atomic mass is 35.5. The van der Waals surface area contributed by atoms with Crippen molar-refractivity contribution in [2.75, 3.05) is 11.9 Å². The van der Waals surface area contributed by atoms with E-state index in [1.807, 2.05) is 0 Å². The van der Waals surface area contributed by atoms with Crippen LogP contribution in [-0.4, -0.2) is 29.1 Å². The molecule has 1 unspecified atom stereocenters. The minimum absolute atomic E-state index is 0.00214. The zero-order valence-electron chi connectivity index (χ0n) is 10.9. The topological polar surface area (TPSA) is 83.7 Å². The minimum Gasteiger partial charge on any atom is -0.480 e. The molecule has 0 aromatic heterocycles. The van der Waals surface area contributed by atoms with Crippen molar-refractivity contribution >= 4 is 28.9 Å². The SMILES string of the molecule is CCC(C(=O)O)N(C)c1cc(Cl)c([N+](=O)[O-])cc1C. The number of carbonyl (C=O) groups is 1. The lowest BCUT2D eigenvalue weighted by molar-refractivity contribution is -0.384. The zero-order valence-corrected chi connectivity index (χ0v) is 11.6. The van der Waals surface area contributed by atoms with Crippen LogP contribution in [0.1, 0.15) is 18.9 Å². The highest BCUT2D eigenvalue weighted by Gasteiger charge is 2.24. The number of aryl methyl sites for hydroxylation is 1. The van der Waals surface area contributed by atoms with Crippen molar-refractivity contribution in [3.63, 3.8) is 0 Å². The molecule has 0 saturated carbocycles. The van der Waals surface area contributed by atoms with E-state index in [2.05, 4.69) is 0 Å². The van der Waals surface area contributed by atoms with Gasteiger partial charge in [-0.1, -0.05) is 18.5 Å². The van der Waals surface area contributed by atoms with Crippen molar-refractivity contribution in [2.24, 2.45) is 0 Å². The first-order valence-electron chi connectivity index (χ1n) is 5.69. The highest BCUT2D eigenvalue weighted by molar-refractivity contribution is 6.33. The second kappa shape index (κ2) is 5.88. The number of benzene rings is 1. The van der Waals surface area contributed by atoms with Crippen molar-refractivity contribution in [3.8, 4) is 0 Å². The maximum Gasteiger partial charge on any atom is 0.326 e. The molecule has 104 valence electrons. The number of nitro groups is 1. The maximum atomic E-state index is 11.1. The van der Waals surface area contributed by atoms with Gasteiger partial charge in [-0.05, 0) is 25.0 Å². The predicted octanol–water partition coefficient (Wildman–Crippen LogP) is 2.86. The van der Waals surface area contributed by atoms with Crippen LogP contribution in [0.3, 0.4) is 0 Å². The first kappa shape index (κ1) is 15.2. The Morgan fingerprint density at radius 1 is 1.58 bits per heavy atom. The lowest BCUT2D eigenvalue weighted by Gasteiger charge is -2.27. The van der Waals surface area contributed by atoms with E-state index in [-0.39, 0.29) is 10.7 Å². The number of hydrogen-bond acceptors (Lipinski definition) is 4. The number of carboxylic acids is 1. The van der Waals surface area contributed by atoms with Crippen LogP contribution in [0.5, 0.6) is 0 Å². The first-order valence-corrected chi connectivity index (χ1v) is 6.07. The molecule has 0 heterocycles. The van der Waals surface area contributed by atoms with Gasteiger partial charge in [0.05, 0.1) is 4.92 Å². The summed E-state index contributed by atoms with van der Waals surface area (Å²) in [6, 6.07) is 2.08. The number of nitro benzene ring substituents is 1. The molecule has 0 bridgehead atoms. The second-order valence-corrected chi connectivity index (χ2v) is 4.63. The van der Waals surface area contributed by atoms with Gasteiger partial charge in [-0.2, -0.15) is 0 Å². The Morgan fingerprint density at radius 3 is 2.58 bits per heavy atom. The summed E-state index contributed by atoms with van der Waals surface area (Å²) >= 11 is 5.85. The minimum atomic E-state index is -0.945. The van der Waals surface area contributed by atoms with Crippen molar-refractivity contribution in [1.82, 2.24) is 0 Å². The Balaban J connectivity index is 3.25. The third kappa shape index (κ3) is 3.14. The normalized spacial score (nSPS) is 12.0. The van der Waals surface area contributed by atoms with E-state index in [0.29, 0.717) is 17.7 Å². The summed E-state index contributed by atoms with van der Waals surface area (Å²) in [4.78, 5) is 22.9. The molecule has 1 rings (SSSR count). The molecule has 1 aromatic carbocycles. The van der Waals surface area contributed by atoms with Crippen molar-refractivity contribution < 1.29 is 14.8 Å². The van der Waals surface area contributed by atoms with Crippen LogP contribution in [0.4, 0.5) is 11.4 Å². The van der Waals surface area contributed by atoms with Crippen LogP contribution in [0.15, 0.2) is 12.1 Å². The summed E-state index contributed by atoms with van der Waals surface area (Å²) < 4.78 is 0. The Morgan fingerprint density at radius 2 is 2.16 bits per heavy atom. The third-order valence-electron chi connectivity index (χ3n) is 2.98. The summed E-state index contributed by atoms with van der Waals surface area (Å²) in [5.41, 5.74) is 1.00. The molecule has 0 fully saturated rings. The Labute approximate surface area is 115 Å². The number of carboxylic acid groups (broad SMARTS) is 1. The molecular weight excluding hydrogens is 272 g/mol. The standard InChI is InChI=1S/C12H15ClN2O4/c1-4-9(12(16)17)14(3)10-6-8(13)11(15(18)19)5-7(10)2/h5-6,9H,4H2,1-3H3,(H,16,17). The number of nitrogens with zero attached hydrogens (tertiary/aromatic N) is 2. The fourth-order valence-corrected chi connectivity index (χ4v) is 2.18. The van der Waals surface area contributed by atoms with Gasteiger partial charge in [0.15, 0.2) is 0 Å². The van der Waals surface area contributed by atoms with E-state index in [9.17, 15) is 14.9 Å². The van der Waals surface area contributed by atoms with Gasteiger partial charge >= 0.3 is 5.97 Å². The second-order valence-electron chi connectivity index (χ2n) is 4.22. The van der Waals surface area contributed by atoms with Crippen LogP contribution >= 0.6 is 11.6 Å². The van der Waals surface area contributed by atoms with Gasteiger partial charge in [0.1, 0.15) is 11.1 Å². The van der Waals surface area contributed by atoms with Gasteiger partial charge in [0.25, 0.3) is 5.69 Å². The number of anilines is 1. The largest absolute Gasteiger partial charge is 0.480 e. The van der Waals surface area contributed by atoms with E-state index in [1.54, 1.807) is 25.8 Å². The van der Waals surface area contributed by atoms with Gasteiger partial charge in [0.2, 0.25) is 0 Å². The zero-order chi connectivity index (χ0) is 14.7. The molecule has 0 saturated heterocycles. The monoisotopic (exact) mass is 286 g/mol. The Kier molecular flexibility index (Phi) is 4.72. The van der Waals surface area contributed by atoms with Crippen molar-refractivity contribution in [3.05, 3.63) is 32.8 Å². The van der Waals surface area contributed by atoms with Crippen LogP contribution in [0.2, 0.25) is 5.02 Å². The van der Waals surface area contributed by atoms with Crippen LogP contribution < -0.4 is 4.90 Å². The molecule has 7 heteroatoms. The van der Waals surface area contributed by atoms with Gasteiger partial charge in [-0.3, -0.25) is 10.1 Å². The third-order valence-corrected chi connectivity index (χ3v) is 3.28.